The van der Waals surface area contributed by atoms with E-state index in [2.05, 4.69) is 15.6 Å². The third-order valence-corrected chi connectivity index (χ3v) is 4.11. The molecule has 1 saturated carbocycles. The van der Waals surface area contributed by atoms with Crippen LogP contribution in [0, 0.1) is 0 Å². The fourth-order valence-corrected chi connectivity index (χ4v) is 2.77. The molecule has 7 nitrogen and oxygen atoms in total. The van der Waals surface area contributed by atoms with Crippen LogP contribution in [0.5, 0.6) is 5.75 Å². The molecular weight excluding hydrogens is 341 g/mol. The number of urea groups is 1. The van der Waals surface area contributed by atoms with Gasteiger partial charge in [-0.3, -0.25) is 4.79 Å². The topological polar surface area (TPSA) is 83.6 Å². The lowest BCUT2D eigenvalue weighted by Crippen LogP contribution is -2.40. The summed E-state index contributed by atoms with van der Waals surface area (Å²) in [5.41, 5.74) is -1.10. The maximum Gasteiger partial charge on any atom is 0.433 e. The van der Waals surface area contributed by atoms with Gasteiger partial charge < -0.3 is 20.3 Å². The van der Waals surface area contributed by atoms with Crippen LogP contribution in [0.15, 0.2) is 12.3 Å². The van der Waals surface area contributed by atoms with Gasteiger partial charge in [0.1, 0.15) is 17.1 Å². The van der Waals surface area contributed by atoms with Crippen LogP contribution in [0.4, 0.5) is 23.7 Å². The molecule has 10 heteroatoms. The molecule has 0 bridgehead atoms. The molecule has 0 spiro atoms. The van der Waals surface area contributed by atoms with Crippen molar-refractivity contribution in [3.8, 4) is 5.75 Å². The summed E-state index contributed by atoms with van der Waals surface area (Å²) in [7, 11) is 1.20. The maximum atomic E-state index is 12.7. The summed E-state index contributed by atoms with van der Waals surface area (Å²) in [6.45, 7) is 0.444. The lowest BCUT2D eigenvalue weighted by atomic mass is 10.2. The van der Waals surface area contributed by atoms with E-state index < -0.39 is 17.9 Å². The van der Waals surface area contributed by atoms with Crippen molar-refractivity contribution in [2.45, 2.75) is 37.5 Å². The first-order chi connectivity index (χ1) is 11.8. The molecular formula is C15H17F3N4O3. The van der Waals surface area contributed by atoms with Crippen molar-refractivity contribution >= 4 is 17.6 Å². The number of hydrogen-bond donors (Lipinski definition) is 2. The molecule has 2 N–H and O–H groups in total. The summed E-state index contributed by atoms with van der Waals surface area (Å²) in [4.78, 5) is 29.0. The molecule has 1 aliphatic carbocycles. The largest absolute Gasteiger partial charge is 0.494 e. The number of hydrogen-bond acceptors (Lipinski definition) is 4. The van der Waals surface area contributed by atoms with Crippen LogP contribution < -0.4 is 15.4 Å². The predicted molar refractivity (Wildman–Crippen MR) is 81.1 cm³/mol. The number of pyridine rings is 1. The summed E-state index contributed by atoms with van der Waals surface area (Å²) >= 11 is 0. The molecule has 1 saturated heterocycles. The number of anilines is 1. The van der Waals surface area contributed by atoms with Crippen LogP contribution in [-0.2, 0) is 11.0 Å². The number of amides is 3. The lowest BCUT2D eigenvalue weighted by molar-refractivity contribution is -0.141. The van der Waals surface area contributed by atoms with Crippen molar-refractivity contribution in [3.63, 3.8) is 0 Å². The van der Waals surface area contributed by atoms with Gasteiger partial charge in [-0.25, -0.2) is 9.78 Å². The van der Waals surface area contributed by atoms with Gasteiger partial charge in [0, 0.05) is 25.1 Å². The number of methoxy groups -OCH3 is 1. The van der Waals surface area contributed by atoms with Crippen molar-refractivity contribution < 1.29 is 27.5 Å². The Kier molecular flexibility index (Phi) is 4.44. The number of halogens is 3. The Bertz CT molecular complexity index is 691. The van der Waals surface area contributed by atoms with Crippen molar-refractivity contribution in [2.24, 2.45) is 0 Å². The van der Waals surface area contributed by atoms with Crippen molar-refractivity contribution in [3.05, 3.63) is 18.0 Å². The highest BCUT2D eigenvalue weighted by molar-refractivity contribution is 5.91. The second kappa shape index (κ2) is 6.41. The van der Waals surface area contributed by atoms with Crippen LogP contribution in [-0.4, -0.2) is 47.6 Å². The third kappa shape index (κ3) is 3.94. The Hall–Kier alpha value is -2.52. The van der Waals surface area contributed by atoms with Crippen LogP contribution in [0.2, 0.25) is 0 Å². The molecule has 2 heterocycles. The van der Waals surface area contributed by atoms with Gasteiger partial charge in [0.05, 0.1) is 19.3 Å². The first kappa shape index (κ1) is 17.3. The smallest absolute Gasteiger partial charge is 0.433 e. The standard InChI is InChI=1S/C15H17F3N4O3/c1-25-11-5-12(15(16,17)18)19-6-10(11)21-14(24)20-8-4-13(23)22(7-8)9-2-3-9/h5-6,8-9H,2-4,7H2,1H3,(H2,20,21,24)/t8-/m1/s1. The molecule has 1 aliphatic heterocycles. The molecule has 2 fully saturated rings. The van der Waals surface area contributed by atoms with Gasteiger partial charge in [0.15, 0.2) is 0 Å². The minimum Gasteiger partial charge on any atom is -0.494 e. The van der Waals surface area contributed by atoms with Crippen LogP contribution in [0.25, 0.3) is 0 Å². The zero-order valence-electron chi connectivity index (χ0n) is 13.4. The molecule has 0 unspecified atom stereocenters. The summed E-state index contributed by atoms with van der Waals surface area (Å²) in [6.07, 6.45) is -1.54. The predicted octanol–water partition coefficient (Wildman–Crippen LogP) is 1.99. The summed E-state index contributed by atoms with van der Waals surface area (Å²) in [6, 6.07) is 0.0298. The van der Waals surface area contributed by atoms with Crippen molar-refractivity contribution in [1.29, 1.82) is 0 Å². The first-order valence-corrected chi connectivity index (χ1v) is 7.76. The number of ether oxygens (including phenoxy) is 1. The average molecular weight is 358 g/mol. The van der Waals surface area contributed by atoms with Gasteiger partial charge in [0.25, 0.3) is 0 Å². The second-order valence-corrected chi connectivity index (χ2v) is 6.04. The number of carbonyl (C=O) groups excluding carboxylic acids is 2. The normalized spacial score (nSPS) is 20.6. The molecule has 1 aromatic rings. The number of nitrogens with one attached hydrogen (secondary N) is 2. The molecule has 1 aromatic heterocycles. The van der Waals surface area contributed by atoms with Crippen LogP contribution in [0.1, 0.15) is 25.0 Å². The highest BCUT2D eigenvalue weighted by Gasteiger charge is 2.39. The number of likely N-dealkylation sites (tertiary alicyclic amines) is 1. The van der Waals surface area contributed by atoms with Crippen molar-refractivity contribution in [1.82, 2.24) is 15.2 Å². The minimum absolute atomic E-state index is 0.00146. The Labute approximate surface area is 141 Å². The van der Waals surface area contributed by atoms with Crippen LogP contribution in [0.3, 0.4) is 0 Å². The quantitative estimate of drug-likeness (QED) is 0.862. The van der Waals surface area contributed by atoms with E-state index in [-0.39, 0.29) is 35.8 Å². The monoisotopic (exact) mass is 358 g/mol. The van der Waals surface area contributed by atoms with Gasteiger partial charge in [-0.15, -0.1) is 0 Å². The van der Waals surface area contributed by atoms with E-state index >= 15 is 0 Å². The van der Waals surface area contributed by atoms with E-state index in [1.807, 2.05) is 0 Å². The maximum absolute atomic E-state index is 12.7. The molecule has 0 radical (unpaired) electrons. The average Bonchev–Trinajstić information content (AvgIpc) is 3.30. The molecule has 136 valence electrons. The zero-order chi connectivity index (χ0) is 18.2. The van der Waals surface area contributed by atoms with E-state index in [0.717, 1.165) is 19.0 Å². The Morgan fingerprint density at radius 1 is 1.40 bits per heavy atom. The molecule has 3 rings (SSSR count). The highest BCUT2D eigenvalue weighted by atomic mass is 19.4. The lowest BCUT2D eigenvalue weighted by Gasteiger charge is -2.17. The van der Waals surface area contributed by atoms with E-state index in [9.17, 15) is 22.8 Å². The van der Waals surface area contributed by atoms with Gasteiger partial charge in [-0.2, -0.15) is 13.2 Å². The van der Waals surface area contributed by atoms with Gasteiger partial charge >= 0.3 is 12.2 Å². The number of carbonyl (C=O) groups is 2. The van der Waals surface area contributed by atoms with Gasteiger partial charge in [-0.05, 0) is 12.8 Å². The van der Waals surface area contributed by atoms with Crippen LogP contribution >= 0.6 is 0 Å². The molecule has 25 heavy (non-hydrogen) atoms. The molecule has 3 amide bonds. The first-order valence-electron chi connectivity index (χ1n) is 7.76. The zero-order valence-corrected chi connectivity index (χ0v) is 13.4. The summed E-state index contributed by atoms with van der Waals surface area (Å²) in [5, 5.41) is 5.06. The summed E-state index contributed by atoms with van der Waals surface area (Å²) in [5.74, 6) is -0.152. The van der Waals surface area contributed by atoms with Gasteiger partial charge in [-0.1, -0.05) is 0 Å². The van der Waals surface area contributed by atoms with E-state index in [1.54, 1.807) is 4.90 Å². The Morgan fingerprint density at radius 2 is 2.12 bits per heavy atom. The van der Waals surface area contributed by atoms with E-state index in [4.69, 9.17) is 4.74 Å². The van der Waals surface area contributed by atoms with Crippen molar-refractivity contribution in [2.75, 3.05) is 19.0 Å². The number of alkyl halides is 3. The fourth-order valence-electron chi connectivity index (χ4n) is 2.77. The van der Waals surface area contributed by atoms with E-state index in [0.29, 0.717) is 12.6 Å². The Morgan fingerprint density at radius 3 is 2.72 bits per heavy atom. The van der Waals surface area contributed by atoms with Gasteiger partial charge in [0.2, 0.25) is 5.91 Å². The molecule has 1 atom stereocenters. The number of nitrogens with zero attached hydrogens (tertiary/aromatic N) is 2. The highest BCUT2D eigenvalue weighted by Crippen LogP contribution is 2.33. The van der Waals surface area contributed by atoms with E-state index in [1.165, 1.54) is 7.11 Å². The second-order valence-electron chi connectivity index (χ2n) is 6.04. The molecule has 2 aliphatic rings. The third-order valence-electron chi connectivity index (χ3n) is 4.11. The minimum atomic E-state index is -4.61. The number of aromatic nitrogens is 1. The Balaban J connectivity index is 1.62. The summed E-state index contributed by atoms with van der Waals surface area (Å²) < 4.78 is 42.9. The fraction of sp³-hybridized carbons (Fsp3) is 0.533. The number of rotatable bonds is 4. The SMILES string of the molecule is COc1cc(C(F)(F)F)ncc1NC(=O)N[C@@H]1CC(=O)N(C2CC2)C1. The molecule has 0 aromatic carbocycles.